The zero-order valence-corrected chi connectivity index (χ0v) is 15.2. The monoisotopic (exact) mass is 361 g/mol. The Hall–Kier alpha value is -1.83. The Bertz CT molecular complexity index is 744. The molecule has 1 aliphatic heterocycles. The Labute approximate surface area is 149 Å². The number of nitrogens with one attached hydrogen (secondary N) is 2. The van der Waals surface area contributed by atoms with Crippen molar-refractivity contribution in [2.75, 3.05) is 31.7 Å². The fourth-order valence-corrected chi connectivity index (χ4v) is 4.25. The number of amides is 2. The van der Waals surface area contributed by atoms with E-state index in [1.54, 1.807) is 23.5 Å². The summed E-state index contributed by atoms with van der Waals surface area (Å²) < 4.78 is 0. The van der Waals surface area contributed by atoms with Gasteiger partial charge in [0.05, 0.1) is 17.5 Å². The summed E-state index contributed by atoms with van der Waals surface area (Å²) in [6.07, 6.45) is 0. The minimum absolute atomic E-state index is 0.0320. The van der Waals surface area contributed by atoms with Gasteiger partial charge < -0.3 is 15.5 Å². The normalized spacial score (nSPS) is 14.9. The van der Waals surface area contributed by atoms with Crippen LogP contribution in [0.4, 0.5) is 5.69 Å². The maximum absolute atomic E-state index is 12.5. The van der Waals surface area contributed by atoms with Crippen LogP contribution >= 0.6 is 23.1 Å². The third kappa shape index (κ3) is 3.80. The van der Waals surface area contributed by atoms with Crippen LogP contribution < -0.4 is 10.6 Å². The summed E-state index contributed by atoms with van der Waals surface area (Å²) >= 11 is 3.17. The van der Waals surface area contributed by atoms with Gasteiger partial charge in [0.2, 0.25) is 5.91 Å². The Morgan fingerprint density at radius 1 is 1.38 bits per heavy atom. The lowest BCUT2D eigenvalue weighted by Gasteiger charge is -2.23. The van der Waals surface area contributed by atoms with Gasteiger partial charge in [0.15, 0.2) is 0 Å². The highest BCUT2D eigenvalue weighted by molar-refractivity contribution is 8.00. The van der Waals surface area contributed by atoms with Crippen LogP contribution in [-0.4, -0.2) is 43.1 Å². The van der Waals surface area contributed by atoms with E-state index in [1.807, 2.05) is 31.6 Å². The molecule has 2 N–H and O–H groups in total. The molecule has 1 atom stereocenters. The van der Waals surface area contributed by atoms with Crippen molar-refractivity contribution in [1.82, 2.24) is 10.2 Å². The second-order valence-electron chi connectivity index (χ2n) is 5.75. The number of nitrogens with zero attached hydrogens (tertiary/aromatic N) is 1. The number of hydrogen-bond donors (Lipinski definition) is 2. The maximum Gasteiger partial charge on any atom is 0.251 e. The second kappa shape index (κ2) is 7.38. The molecule has 1 aliphatic rings. The number of likely N-dealkylation sites (N-methyl/N-ethyl adjacent to an activating group) is 1. The van der Waals surface area contributed by atoms with Crippen molar-refractivity contribution >= 4 is 40.6 Å². The van der Waals surface area contributed by atoms with E-state index in [0.717, 1.165) is 4.90 Å². The van der Waals surface area contributed by atoms with Gasteiger partial charge in [-0.3, -0.25) is 9.59 Å². The Morgan fingerprint density at radius 3 is 2.92 bits per heavy atom. The molecule has 2 aromatic rings. The Balaban J connectivity index is 1.68. The van der Waals surface area contributed by atoms with Crippen LogP contribution in [0.15, 0.2) is 40.6 Å². The molecular formula is C17H19N3O2S2. The molecule has 2 heterocycles. The van der Waals surface area contributed by atoms with E-state index in [-0.39, 0.29) is 17.9 Å². The minimum Gasteiger partial charge on any atom is -0.350 e. The predicted octanol–water partition coefficient (Wildman–Crippen LogP) is 2.83. The van der Waals surface area contributed by atoms with Gasteiger partial charge in [-0.05, 0) is 43.7 Å². The third-order valence-corrected chi connectivity index (χ3v) is 5.87. The summed E-state index contributed by atoms with van der Waals surface area (Å²) in [5.74, 6) is 0.255. The number of carbonyl (C=O) groups excluding carboxylic acids is 2. The molecule has 3 rings (SSSR count). The number of rotatable bonds is 5. The standard InChI is InChI=1S/C17H19N3O2S2/c1-20(2)13(15-4-3-7-23-15)9-18-17(22)11-5-6-14-12(8-11)19-16(21)10-24-14/h3-8,13H,9-10H2,1-2H3,(H,18,22)(H,19,21)/t13-/m0/s1. The predicted molar refractivity (Wildman–Crippen MR) is 98.9 cm³/mol. The van der Waals surface area contributed by atoms with E-state index in [9.17, 15) is 9.59 Å². The van der Waals surface area contributed by atoms with Crippen molar-refractivity contribution in [2.45, 2.75) is 10.9 Å². The maximum atomic E-state index is 12.5. The van der Waals surface area contributed by atoms with Gasteiger partial charge in [0.1, 0.15) is 0 Å². The summed E-state index contributed by atoms with van der Waals surface area (Å²) in [4.78, 5) is 28.3. The van der Waals surface area contributed by atoms with Gasteiger partial charge in [0, 0.05) is 21.9 Å². The highest BCUT2D eigenvalue weighted by Crippen LogP contribution is 2.32. The number of thioether (sulfide) groups is 1. The molecule has 0 radical (unpaired) electrons. The average Bonchev–Trinajstić information content (AvgIpc) is 3.08. The molecule has 24 heavy (non-hydrogen) atoms. The minimum atomic E-state index is -0.133. The number of thiophene rings is 1. The zero-order valence-electron chi connectivity index (χ0n) is 13.5. The quantitative estimate of drug-likeness (QED) is 0.860. The molecule has 0 spiro atoms. The second-order valence-corrected chi connectivity index (χ2v) is 7.75. The third-order valence-electron chi connectivity index (χ3n) is 3.83. The van der Waals surface area contributed by atoms with Crippen LogP contribution in [0.5, 0.6) is 0 Å². The van der Waals surface area contributed by atoms with E-state index in [0.29, 0.717) is 23.5 Å². The molecule has 0 bridgehead atoms. The molecule has 5 nitrogen and oxygen atoms in total. The summed E-state index contributed by atoms with van der Waals surface area (Å²) in [6.45, 7) is 0.532. The zero-order chi connectivity index (χ0) is 17.1. The first-order chi connectivity index (χ1) is 11.5. The van der Waals surface area contributed by atoms with E-state index >= 15 is 0 Å². The molecule has 7 heteroatoms. The molecule has 126 valence electrons. The topological polar surface area (TPSA) is 61.4 Å². The van der Waals surface area contributed by atoms with Crippen molar-refractivity contribution in [3.8, 4) is 0 Å². The van der Waals surface area contributed by atoms with Gasteiger partial charge in [-0.15, -0.1) is 23.1 Å². The molecule has 0 aliphatic carbocycles. The van der Waals surface area contributed by atoms with E-state index < -0.39 is 0 Å². The van der Waals surface area contributed by atoms with Gasteiger partial charge in [-0.25, -0.2) is 0 Å². The first kappa shape index (κ1) is 17.0. The van der Waals surface area contributed by atoms with E-state index in [4.69, 9.17) is 0 Å². The first-order valence-corrected chi connectivity index (χ1v) is 9.46. The van der Waals surface area contributed by atoms with Crippen molar-refractivity contribution in [2.24, 2.45) is 0 Å². The van der Waals surface area contributed by atoms with Crippen LogP contribution in [0.3, 0.4) is 0 Å². The Morgan fingerprint density at radius 2 is 2.21 bits per heavy atom. The molecule has 0 saturated heterocycles. The van der Waals surface area contributed by atoms with Crippen LogP contribution in [0.25, 0.3) is 0 Å². The Kier molecular flexibility index (Phi) is 5.23. The fourth-order valence-electron chi connectivity index (χ4n) is 2.53. The molecule has 0 fully saturated rings. The van der Waals surface area contributed by atoms with Gasteiger partial charge >= 0.3 is 0 Å². The summed E-state index contributed by atoms with van der Waals surface area (Å²) in [5, 5.41) is 7.85. The van der Waals surface area contributed by atoms with Gasteiger partial charge in [0.25, 0.3) is 5.91 Å². The lowest BCUT2D eigenvalue weighted by Crippen LogP contribution is -2.34. The molecule has 1 aromatic heterocycles. The van der Waals surface area contributed by atoms with Crippen LogP contribution in [-0.2, 0) is 4.79 Å². The average molecular weight is 361 g/mol. The lowest BCUT2D eigenvalue weighted by molar-refractivity contribution is -0.113. The van der Waals surface area contributed by atoms with Gasteiger partial charge in [-0.1, -0.05) is 6.07 Å². The van der Waals surface area contributed by atoms with Gasteiger partial charge in [-0.2, -0.15) is 0 Å². The summed E-state index contributed by atoms with van der Waals surface area (Å²) in [7, 11) is 4.00. The molecule has 2 amide bonds. The smallest absolute Gasteiger partial charge is 0.251 e. The largest absolute Gasteiger partial charge is 0.350 e. The first-order valence-electron chi connectivity index (χ1n) is 7.59. The van der Waals surface area contributed by atoms with E-state index in [1.165, 1.54) is 16.6 Å². The summed E-state index contributed by atoms with van der Waals surface area (Å²) in [6, 6.07) is 9.66. The fraction of sp³-hybridized carbons (Fsp3) is 0.294. The van der Waals surface area contributed by atoms with Crippen molar-refractivity contribution in [1.29, 1.82) is 0 Å². The van der Waals surface area contributed by atoms with Crippen LogP contribution in [0.2, 0.25) is 0 Å². The van der Waals surface area contributed by atoms with Crippen molar-refractivity contribution < 1.29 is 9.59 Å². The van der Waals surface area contributed by atoms with Crippen molar-refractivity contribution in [3.63, 3.8) is 0 Å². The van der Waals surface area contributed by atoms with E-state index in [2.05, 4.69) is 21.6 Å². The lowest BCUT2D eigenvalue weighted by atomic mass is 10.1. The number of fused-ring (bicyclic) bond motifs is 1. The number of benzene rings is 1. The molecule has 0 saturated carbocycles. The van der Waals surface area contributed by atoms with Crippen LogP contribution in [0, 0.1) is 0 Å². The highest BCUT2D eigenvalue weighted by Gasteiger charge is 2.19. The molecule has 0 unspecified atom stereocenters. The molecule has 1 aromatic carbocycles. The summed E-state index contributed by atoms with van der Waals surface area (Å²) in [5.41, 5.74) is 1.27. The molecular weight excluding hydrogens is 342 g/mol. The number of carbonyl (C=O) groups is 2. The number of hydrogen-bond acceptors (Lipinski definition) is 5. The van der Waals surface area contributed by atoms with Crippen LogP contribution in [0.1, 0.15) is 21.3 Å². The number of anilines is 1. The highest BCUT2D eigenvalue weighted by atomic mass is 32.2. The SMILES string of the molecule is CN(C)[C@@H](CNC(=O)c1ccc2c(c1)NC(=O)CS2)c1cccs1. The van der Waals surface area contributed by atoms with Crippen molar-refractivity contribution in [3.05, 3.63) is 46.2 Å².